The maximum Gasteiger partial charge on any atom is 0.201 e. The average Bonchev–Trinajstić information content (AvgIpc) is 2.52. The van der Waals surface area contributed by atoms with Crippen molar-refractivity contribution in [3.63, 3.8) is 0 Å². The monoisotopic (exact) mass is 308 g/mol. The lowest BCUT2D eigenvalue weighted by atomic mass is 10.1. The van der Waals surface area contributed by atoms with E-state index in [1.54, 1.807) is 0 Å². The van der Waals surface area contributed by atoms with Gasteiger partial charge in [-0.15, -0.1) is 0 Å². The lowest BCUT2D eigenvalue weighted by Gasteiger charge is -2.07. The normalized spacial score (nSPS) is 11.1. The van der Waals surface area contributed by atoms with Crippen LogP contribution >= 0.6 is 12.2 Å². The molecule has 0 aliphatic heterocycles. The molecule has 4 N–H and O–H groups in total. The van der Waals surface area contributed by atoms with E-state index in [9.17, 15) is 0 Å². The Morgan fingerprint density at radius 2 is 2.05 bits per heavy atom. The maximum atomic E-state index is 5.64. The third kappa shape index (κ3) is 7.63. The lowest BCUT2D eigenvalue weighted by Crippen LogP contribution is -2.37. The molecular weight excluding hydrogens is 284 g/mol. The van der Waals surface area contributed by atoms with Crippen LogP contribution in [0.4, 0.5) is 0 Å². The second kappa shape index (κ2) is 10.1. The van der Waals surface area contributed by atoms with Gasteiger partial charge in [-0.3, -0.25) is 10.9 Å². The highest BCUT2D eigenvalue weighted by atomic mass is 32.1. The van der Waals surface area contributed by atoms with E-state index in [0.29, 0.717) is 5.11 Å². The number of nitrogens with two attached hydrogens (primary N) is 1. The van der Waals surface area contributed by atoms with Crippen molar-refractivity contribution in [3.05, 3.63) is 29.8 Å². The van der Waals surface area contributed by atoms with E-state index < -0.39 is 0 Å². The second-order valence-electron chi connectivity index (χ2n) is 4.78. The highest BCUT2D eigenvalue weighted by Crippen LogP contribution is 2.14. The van der Waals surface area contributed by atoms with Crippen molar-refractivity contribution in [2.75, 3.05) is 6.61 Å². The van der Waals surface area contributed by atoms with E-state index in [2.05, 4.69) is 35.0 Å². The van der Waals surface area contributed by atoms with Gasteiger partial charge in [-0.05, 0) is 56.1 Å². The molecule has 0 aromatic heterocycles. The summed E-state index contributed by atoms with van der Waals surface area (Å²) in [5, 5.41) is 4.44. The van der Waals surface area contributed by atoms with Crippen molar-refractivity contribution in [1.29, 1.82) is 0 Å². The predicted octanol–water partition coefficient (Wildman–Crippen LogP) is 2.51. The first-order chi connectivity index (χ1) is 10.2. The van der Waals surface area contributed by atoms with Gasteiger partial charge in [0, 0.05) is 5.71 Å². The number of thiocarbonyl (C=S) groups is 1. The smallest absolute Gasteiger partial charge is 0.201 e. The molecule has 0 atom stereocenters. The van der Waals surface area contributed by atoms with E-state index in [-0.39, 0.29) is 0 Å². The molecule has 5 nitrogen and oxygen atoms in total. The molecule has 6 heteroatoms. The molecule has 1 rings (SSSR count). The lowest BCUT2D eigenvalue weighted by molar-refractivity contribution is 0.309. The molecule has 0 radical (unpaired) electrons. The fraction of sp³-hybridized carbons (Fsp3) is 0.467. The van der Waals surface area contributed by atoms with E-state index in [1.165, 1.54) is 5.56 Å². The molecular formula is C15H24N4OS. The Labute approximate surface area is 131 Å². The highest BCUT2D eigenvalue weighted by Gasteiger charge is 1.98. The Bertz CT molecular complexity index is 459. The Morgan fingerprint density at radius 1 is 1.33 bits per heavy atom. The molecule has 0 saturated carbocycles. The fourth-order valence-corrected chi connectivity index (χ4v) is 1.69. The van der Waals surface area contributed by atoms with Gasteiger partial charge < -0.3 is 4.74 Å². The summed E-state index contributed by atoms with van der Waals surface area (Å²) in [4.78, 5) is 0. The van der Waals surface area contributed by atoms with E-state index in [0.717, 1.165) is 43.8 Å². The summed E-state index contributed by atoms with van der Waals surface area (Å²) < 4.78 is 5.64. The number of hydrazone groups is 1. The number of unbranched alkanes of at least 4 members (excludes halogenated alkanes) is 1. The van der Waals surface area contributed by atoms with Crippen LogP contribution in [0.5, 0.6) is 5.75 Å². The summed E-state index contributed by atoms with van der Waals surface area (Å²) in [6.07, 6.45) is 4.02. The largest absolute Gasteiger partial charge is 0.494 e. The summed E-state index contributed by atoms with van der Waals surface area (Å²) in [6.45, 7) is 4.89. The molecule has 0 fully saturated rings. The van der Waals surface area contributed by atoms with Crippen LogP contribution in [0.15, 0.2) is 29.4 Å². The van der Waals surface area contributed by atoms with Crippen molar-refractivity contribution < 1.29 is 4.74 Å². The third-order valence-corrected chi connectivity index (χ3v) is 3.15. The molecule has 1 aromatic rings. The number of hydrazine groups is 1. The quantitative estimate of drug-likeness (QED) is 0.226. The molecule has 21 heavy (non-hydrogen) atoms. The Balaban J connectivity index is 2.36. The van der Waals surface area contributed by atoms with Crippen LogP contribution in [0.2, 0.25) is 0 Å². The first kappa shape index (κ1) is 17.4. The van der Waals surface area contributed by atoms with Crippen LogP contribution in [0.25, 0.3) is 0 Å². The average molecular weight is 308 g/mol. The molecule has 0 aliphatic rings. The van der Waals surface area contributed by atoms with Crippen molar-refractivity contribution in [1.82, 2.24) is 10.9 Å². The van der Waals surface area contributed by atoms with Gasteiger partial charge in [-0.2, -0.15) is 5.10 Å². The molecule has 116 valence electrons. The van der Waals surface area contributed by atoms with Crippen LogP contribution in [-0.2, 0) is 6.42 Å². The van der Waals surface area contributed by atoms with Crippen molar-refractivity contribution in [3.8, 4) is 5.75 Å². The number of hydrogen-bond donors (Lipinski definition) is 3. The molecule has 0 spiro atoms. The predicted molar refractivity (Wildman–Crippen MR) is 91.3 cm³/mol. The van der Waals surface area contributed by atoms with Gasteiger partial charge in [-0.25, -0.2) is 5.84 Å². The van der Waals surface area contributed by atoms with Gasteiger partial charge in [0.05, 0.1) is 6.61 Å². The van der Waals surface area contributed by atoms with Crippen LogP contribution in [0.1, 0.15) is 38.7 Å². The van der Waals surface area contributed by atoms with Crippen LogP contribution in [0, 0.1) is 0 Å². The Hall–Kier alpha value is -1.66. The SMILES string of the molecule is CCCCOc1ccc(CC/C(C)=N/NC(=S)NN)cc1. The zero-order valence-corrected chi connectivity index (χ0v) is 13.5. The summed E-state index contributed by atoms with van der Waals surface area (Å²) in [5.74, 6) is 6.08. The molecule has 1 aromatic carbocycles. The molecule has 0 aliphatic carbocycles. The van der Waals surface area contributed by atoms with Gasteiger partial charge in [0.25, 0.3) is 0 Å². The standard InChI is InChI=1S/C15H24N4OS/c1-3-4-11-20-14-9-7-13(8-10-14)6-5-12(2)18-19-15(21)17-16/h7-10H,3-6,11,16H2,1-2H3,(H2,17,19,21)/b18-12+. The third-order valence-electron chi connectivity index (χ3n) is 2.94. The minimum Gasteiger partial charge on any atom is -0.494 e. The topological polar surface area (TPSA) is 71.7 Å². The Kier molecular flexibility index (Phi) is 8.38. The molecule has 0 unspecified atom stereocenters. The van der Waals surface area contributed by atoms with Crippen molar-refractivity contribution in [2.45, 2.75) is 39.5 Å². The van der Waals surface area contributed by atoms with Gasteiger partial charge >= 0.3 is 0 Å². The number of rotatable bonds is 8. The summed E-state index contributed by atoms with van der Waals surface area (Å²) in [7, 11) is 0. The van der Waals surface area contributed by atoms with Gasteiger partial charge in [-0.1, -0.05) is 25.5 Å². The van der Waals surface area contributed by atoms with Gasteiger partial charge in [0.2, 0.25) is 5.11 Å². The minimum atomic E-state index is 0.308. The summed E-state index contributed by atoms with van der Waals surface area (Å²) >= 11 is 4.84. The van der Waals surface area contributed by atoms with Crippen molar-refractivity contribution in [2.24, 2.45) is 10.9 Å². The first-order valence-corrected chi connectivity index (χ1v) is 7.58. The van der Waals surface area contributed by atoms with Crippen LogP contribution in [0.3, 0.4) is 0 Å². The first-order valence-electron chi connectivity index (χ1n) is 7.17. The van der Waals surface area contributed by atoms with E-state index in [4.69, 9.17) is 22.8 Å². The number of benzene rings is 1. The fourth-order valence-electron chi connectivity index (χ4n) is 1.65. The van der Waals surface area contributed by atoms with E-state index in [1.807, 2.05) is 19.1 Å². The zero-order valence-electron chi connectivity index (χ0n) is 12.7. The number of nitrogens with one attached hydrogen (secondary N) is 2. The maximum absolute atomic E-state index is 5.64. The molecule has 0 heterocycles. The van der Waals surface area contributed by atoms with Crippen LogP contribution < -0.4 is 21.4 Å². The highest BCUT2D eigenvalue weighted by molar-refractivity contribution is 7.80. The number of hydrogen-bond acceptors (Lipinski definition) is 4. The van der Waals surface area contributed by atoms with Crippen LogP contribution in [-0.4, -0.2) is 17.4 Å². The summed E-state index contributed by atoms with van der Waals surface area (Å²) in [6, 6.07) is 8.22. The molecule has 0 bridgehead atoms. The second-order valence-corrected chi connectivity index (χ2v) is 5.19. The summed E-state index contributed by atoms with van der Waals surface area (Å²) in [5.41, 5.74) is 7.21. The van der Waals surface area contributed by atoms with Gasteiger partial charge in [0.15, 0.2) is 0 Å². The van der Waals surface area contributed by atoms with Crippen molar-refractivity contribution >= 4 is 23.0 Å². The number of ether oxygens (including phenoxy) is 1. The molecule has 0 amide bonds. The minimum absolute atomic E-state index is 0.308. The van der Waals surface area contributed by atoms with Gasteiger partial charge in [0.1, 0.15) is 5.75 Å². The Morgan fingerprint density at radius 3 is 2.67 bits per heavy atom. The van der Waals surface area contributed by atoms with E-state index >= 15 is 0 Å². The number of aryl methyl sites for hydroxylation is 1. The molecule has 0 saturated heterocycles. The number of nitrogens with zero attached hydrogens (tertiary/aromatic N) is 1. The zero-order chi connectivity index (χ0) is 15.5.